The van der Waals surface area contributed by atoms with Crippen molar-refractivity contribution < 1.29 is 4.79 Å². The smallest absolute Gasteiger partial charge is 0.242 e. The molecule has 1 saturated heterocycles. The fourth-order valence-electron chi connectivity index (χ4n) is 4.37. The number of rotatable bonds is 8. The Morgan fingerprint density at radius 3 is 2.14 bits per heavy atom. The van der Waals surface area contributed by atoms with Crippen LogP contribution in [0.5, 0.6) is 0 Å². The molecule has 2 heterocycles. The molecule has 0 bridgehead atoms. The number of piperidine rings is 1. The minimum absolute atomic E-state index is 0.0902. The number of nitrogens with zero attached hydrogens (tertiary/aromatic N) is 4. The van der Waals surface area contributed by atoms with Crippen molar-refractivity contribution in [1.29, 1.82) is 0 Å². The molecule has 7 heteroatoms. The van der Waals surface area contributed by atoms with Crippen LogP contribution in [0, 0.1) is 0 Å². The first-order valence-corrected chi connectivity index (χ1v) is 13.0. The average molecular weight is 484 g/mol. The molecular weight excluding hydrogens is 454 g/mol. The van der Waals surface area contributed by atoms with Gasteiger partial charge in [-0.05, 0) is 55.8 Å². The van der Waals surface area contributed by atoms with Gasteiger partial charge in [-0.3, -0.25) is 14.3 Å². The molecule has 5 rings (SSSR count). The van der Waals surface area contributed by atoms with E-state index < -0.39 is 5.25 Å². The van der Waals surface area contributed by atoms with Crippen molar-refractivity contribution >= 4 is 23.4 Å². The molecule has 1 unspecified atom stereocenters. The summed E-state index contributed by atoms with van der Waals surface area (Å²) in [4.78, 5) is 15.9. The van der Waals surface area contributed by atoms with Gasteiger partial charge in [-0.2, -0.15) is 0 Å². The number of carbonyl (C=O) groups excluding carboxylic acids is 1. The zero-order valence-corrected chi connectivity index (χ0v) is 20.4. The van der Waals surface area contributed by atoms with Crippen LogP contribution in [0.3, 0.4) is 0 Å². The quantitative estimate of drug-likeness (QED) is 0.325. The first kappa shape index (κ1) is 23.3. The number of likely N-dealkylation sites (tertiary alicyclic amines) is 1. The van der Waals surface area contributed by atoms with Crippen LogP contribution in [0.25, 0.3) is 5.69 Å². The Hall–Kier alpha value is -3.42. The third-order valence-electron chi connectivity index (χ3n) is 6.13. The normalized spacial score (nSPS) is 15.0. The van der Waals surface area contributed by atoms with Crippen molar-refractivity contribution in [3.05, 3.63) is 102 Å². The van der Waals surface area contributed by atoms with Gasteiger partial charge in [-0.25, -0.2) is 0 Å². The van der Waals surface area contributed by atoms with E-state index in [9.17, 15) is 4.79 Å². The zero-order chi connectivity index (χ0) is 23.9. The maximum atomic E-state index is 13.5. The number of hydrogen-bond donors (Lipinski definition) is 1. The van der Waals surface area contributed by atoms with Crippen LogP contribution in [-0.2, 0) is 11.3 Å². The molecule has 1 aliphatic rings. The van der Waals surface area contributed by atoms with E-state index in [-0.39, 0.29) is 5.91 Å². The van der Waals surface area contributed by atoms with Gasteiger partial charge in [0.2, 0.25) is 5.91 Å². The number of nitrogens with one attached hydrogen (secondary N) is 1. The monoisotopic (exact) mass is 483 g/mol. The summed E-state index contributed by atoms with van der Waals surface area (Å²) in [6, 6.07) is 29.6. The number of aromatic nitrogens is 3. The van der Waals surface area contributed by atoms with E-state index in [0.29, 0.717) is 5.16 Å². The Bertz CT molecular complexity index is 1220. The summed E-state index contributed by atoms with van der Waals surface area (Å²) >= 11 is 1.43. The SMILES string of the molecule is O=C(Nc1ccccc1)C(Sc1nnc(CN2CCCCC2)n1-c1ccccc1)c1ccccc1. The molecular formula is C28H29N5OS. The number of thioether (sulfide) groups is 1. The van der Waals surface area contributed by atoms with Gasteiger partial charge in [-0.15, -0.1) is 10.2 Å². The highest BCUT2D eigenvalue weighted by molar-refractivity contribution is 8.00. The second kappa shape index (κ2) is 11.3. The molecule has 3 aromatic carbocycles. The summed E-state index contributed by atoms with van der Waals surface area (Å²) in [5, 5.41) is 12.5. The largest absolute Gasteiger partial charge is 0.325 e. The molecule has 4 aromatic rings. The van der Waals surface area contributed by atoms with Crippen LogP contribution >= 0.6 is 11.8 Å². The predicted molar refractivity (Wildman–Crippen MR) is 141 cm³/mol. The molecule has 1 amide bonds. The van der Waals surface area contributed by atoms with E-state index in [4.69, 9.17) is 0 Å². The number of benzene rings is 3. The van der Waals surface area contributed by atoms with E-state index in [2.05, 4.69) is 37.1 Å². The first-order chi connectivity index (χ1) is 17.3. The standard InChI is InChI=1S/C28H29N5OS/c34-27(29-23-15-7-2-8-16-23)26(22-13-5-1-6-14-22)35-28-31-30-25(21-32-19-11-4-12-20-32)33(28)24-17-9-3-10-18-24/h1-3,5-10,13-18,26H,4,11-12,19-21H2,(H,29,34). The van der Waals surface area contributed by atoms with E-state index in [1.54, 1.807) is 0 Å². The molecule has 0 aliphatic carbocycles. The third-order valence-corrected chi connectivity index (χ3v) is 7.33. The molecule has 1 atom stereocenters. The van der Waals surface area contributed by atoms with Crippen LogP contribution < -0.4 is 5.32 Å². The summed E-state index contributed by atoms with van der Waals surface area (Å²) in [6.07, 6.45) is 3.73. The molecule has 0 spiro atoms. The minimum atomic E-state index is -0.481. The molecule has 0 radical (unpaired) electrons. The fourth-order valence-corrected chi connectivity index (χ4v) is 5.44. The number of para-hydroxylation sites is 2. The van der Waals surface area contributed by atoms with Crippen LogP contribution in [0.15, 0.2) is 96.2 Å². The van der Waals surface area contributed by atoms with Gasteiger partial charge in [0.25, 0.3) is 0 Å². The highest BCUT2D eigenvalue weighted by atomic mass is 32.2. The molecule has 1 aromatic heterocycles. The van der Waals surface area contributed by atoms with Crippen LogP contribution in [-0.4, -0.2) is 38.7 Å². The summed E-state index contributed by atoms with van der Waals surface area (Å²) in [6.45, 7) is 2.90. The van der Waals surface area contributed by atoms with Crippen molar-refractivity contribution in [3.63, 3.8) is 0 Å². The molecule has 35 heavy (non-hydrogen) atoms. The van der Waals surface area contributed by atoms with Crippen LogP contribution in [0.2, 0.25) is 0 Å². The van der Waals surface area contributed by atoms with Gasteiger partial charge in [0.1, 0.15) is 5.25 Å². The zero-order valence-electron chi connectivity index (χ0n) is 19.6. The van der Waals surface area contributed by atoms with Crippen molar-refractivity contribution in [1.82, 2.24) is 19.7 Å². The number of hydrogen-bond acceptors (Lipinski definition) is 5. The topological polar surface area (TPSA) is 63.1 Å². The van der Waals surface area contributed by atoms with Gasteiger partial charge in [0, 0.05) is 11.4 Å². The van der Waals surface area contributed by atoms with Crippen molar-refractivity contribution in [2.45, 2.75) is 36.2 Å². The van der Waals surface area contributed by atoms with E-state index in [1.807, 2.05) is 78.9 Å². The van der Waals surface area contributed by atoms with Gasteiger partial charge >= 0.3 is 0 Å². The summed E-state index contributed by atoms with van der Waals surface area (Å²) in [7, 11) is 0. The lowest BCUT2D eigenvalue weighted by Gasteiger charge is -2.26. The predicted octanol–water partition coefficient (Wildman–Crippen LogP) is 5.73. The van der Waals surface area contributed by atoms with Crippen LogP contribution in [0.1, 0.15) is 35.9 Å². The lowest BCUT2D eigenvalue weighted by molar-refractivity contribution is -0.115. The van der Waals surface area contributed by atoms with Crippen LogP contribution in [0.4, 0.5) is 5.69 Å². The minimum Gasteiger partial charge on any atom is -0.325 e. The lowest BCUT2D eigenvalue weighted by Crippen LogP contribution is -2.30. The molecule has 6 nitrogen and oxygen atoms in total. The average Bonchev–Trinajstić information content (AvgIpc) is 3.31. The van der Waals surface area contributed by atoms with Crippen molar-refractivity contribution in [2.75, 3.05) is 18.4 Å². The Labute approximate surface area is 210 Å². The lowest BCUT2D eigenvalue weighted by atomic mass is 10.1. The number of carbonyl (C=O) groups is 1. The third kappa shape index (κ3) is 5.81. The first-order valence-electron chi connectivity index (χ1n) is 12.1. The van der Waals surface area contributed by atoms with E-state index in [0.717, 1.165) is 42.4 Å². The van der Waals surface area contributed by atoms with Gasteiger partial charge in [-0.1, -0.05) is 84.9 Å². The summed E-state index contributed by atoms with van der Waals surface area (Å²) in [5.74, 6) is 0.809. The number of anilines is 1. The van der Waals surface area contributed by atoms with Gasteiger partial charge in [0.15, 0.2) is 11.0 Å². The summed E-state index contributed by atoms with van der Waals surface area (Å²) in [5.41, 5.74) is 2.70. The second-order valence-electron chi connectivity index (χ2n) is 8.67. The fraction of sp³-hybridized carbons (Fsp3) is 0.250. The van der Waals surface area contributed by atoms with E-state index in [1.165, 1.54) is 31.0 Å². The second-order valence-corrected chi connectivity index (χ2v) is 9.74. The maximum Gasteiger partial charge on any atom is 0.242 e. The van der Waals surface area contributed by atoms with Crippen molar-refractivity contribution in [3.8, 4) is 5.69 Å². The van der Waals surface area contributed by atoms with Gasteiger partial charge < -0.3 is 5.32 Å². The maximum absolute atomic E-state index is 13.5. The number of amides is 1. The Morgan fingerprint density at radius 2 is 1.46 bits per heavy atom. The Morgan fingerprint density at radius 1 is 0.829 bits per heavy atom. The molecule has 1 aliphatic heterocycles. The Kier molecular flexibility index (Phi) is 7.56. The Balaban J connectivity index is 1.48. The summed E-state index contributed by atoms with van der Waals surface area (Å²) < 4.78 is 2.10. The highest BCUT2D eigenvalue weighted by Crippen LogP contribution is 2.37. The molecule has 1 fully saturated rings. The molecule has 1 N–H and O–H groups in total. The van der Waals surface area contributed by atoms with Crippen molar-refractivity contribution in [2.24, 2.45) is 0 Å². The van der Waals surface area contributed by atoms with E-state index >= 15 is 0 Å². The van der Waals surface area contributed by atoms with Gasteiger partial charge in [0.05, 0.1) is 6.54 Å². The molecule has 0 saturated carbocycles. The highest BCUT2D eigenvalue weighted by Gasteiger charge is 2.27. The molecule has 178 valence electrons.